The Kier molecular flexibility index (Phi) is 3.49. The first-order valence-electron chi connectivity index (χ1n) is 6.69. The molecule has 2 heterocycles. The van der Waals surface area contributed by atoms with E-state index in [1.165, 1.54) is 4.31 Å². The van der Waals surface area contributed by atoms with Gasteiger partial charge in [-0.25, -0.2) is 8.42 Å². The fraction of sp³-hybridized carbons (Fsp3) is 0.462. The van der Waals surface area contributed by atoms with Crippen molar-refractivity contribution < 1.29 is 13.5 Å². The van der Waals surface area contributed by atoms with Crippen LogP contribution in [0.25, 0.3) is 10.9 Å². The van der Waals surface area contributed by atoms with Crippen molar-refractivity contribution in [3.05, 3.63) is 24.4 Å². The van der Waals surface area contributed by atoms with Crippen molar-refractivity contribution in [2.24, 2.45) is 0 Å². The van der Waals surface area contributed by atoms with Gasteiger partial charge in [-0.15, -0.1) is 0 Å². The maximum absolute atomic E-state index is 12.7. The van der Waals surface area contributed by atoms with Gasteiger partial charge in [-0.05, 0) is 37.5 Å². The fourth-order valence-electron chi connectivity index (χ4n) is 2.78. The monoisotopic (exact) mass is 295 g/mol. The Labute approximate surface area is 117 Å². The van der Waals surface area contributed by atoms with Crippen molar-refractivity contribution in [2.75, 3.05) is 13.2 Å². The Morgan fingerprint density at radius 1 is 1.45 bits per heavy atom. The van der Waals surface area contributed by atoms with E-state index in [1.54, 1.807) is 24.4 Å². The van der Waals surface area contributed by atoms with Gasteiger partial charge in [-0.1, -0.05) is 0 Å². The zero-order valence-corrected chi connectivity index (χ0v) is 11.8. The molecule has 108 valence electrons. The summed E-state index contributed by atoms with van der Waals surface area (Å²) in [5.74, 6) is 0. The molecule has 0 aliphatic carbocycles. The number of hydrogen-bond donors (Lipinski definition) is 2. The molecule has 1 aliphatic heterocycles. The quantitative estimate of drug-likeness (QED) is 0.884. The second kappa shape index (κ2) is 5.16. The summed E-state index contributed by atoms with van der Waals surface area (Å²) < 4.78 is 26.9. The maximum Gasteiger partial charge on any atom is 0.243 e. The van der Waals surface area contributed by atoms with Crippen molar-refractivity contribution in [3.8, 4) is 0 Å². The fourth-order valence-corrected chi connectivity index (χ4v) is 4.53. The molecule has 0 spiro atoms. The van der Waals surface area contributed by atoms with Crippen LogP contribution in [-0.4, -0.2) is 47.2 Å². The number of sulfonamides is 1. The van der Waals surface area contributed by atoms with Crippen LogP contribution in [0.1, 0.15) is 19.3 Å². The van der Waals surface area contributed by atoms with Crippen LogP contribution in [0.3, 0.4) is 0 Å². The number of aliphatic hydroxyl groups excluding tert-OH is 1. The summed E-state index contributed by atoms with van der Waals surface area (Å²) in [7, 11) is -3.50. The summed E-state index contributed by atoms with van der Waals surface area (Å²) in [5, 5.41) is 16.6. The van der Waals surface area contributed by atoms with E-state index in [4.69, 9.17) is 5.11 Å². The molecule has 1 aliphatic rings. The van der Waals surface area contributed by atoms with E-state index in [1.807, 2.05) is 0 Å². The van der Waals surface area contributed by atoms with Crippen molar-refractivity contribution in [3.63, 3.8) is 0 Å². The number of aromatic amines is 1. The van der Waals surface area contributed by atoms with E-state index in [-0.39, 0.29) is 17.5 Å². The first kappa shape index (κ1) is 13.5. The number of aromatic nitrogens is 2. The summed E-state index contributed by atoms with van der Waals surface area (Å²) in [4.78, 5) is 0.277. The molecule has 1 aromatic heterocycles. The smallest absolute Gasteiger partial charge is 0.243 e. The summed E-state index contributed by atoms with van der Waals surface area (Å²) in [5.41, 5.74) is 0.712. The van der Waals surface area contributed by atoms with Crippen molar-refractivity contribution in [1.29, 1.82) is 0 Å². The van der Waals surface area contributed by atoms with Crippen molar-refractivity contribution >= 4 is 20.9 Å². The lowest BCUT2D eigenvalue weighted by Gasteiger charge is -2.23. The van der Waals surface area contributed by atoms with Gasteiger partial charge in [0.1, 0.15) is 0 Å². The van der Waals surface area contributed by atoms with Gasteiger partial charge in [0, 0.05) is 24.6 Å². The van der Waals surface area contributed by atoms with E-state index in [0.29, 0.717) is 18.5 Å². The van der Waals surface area contributed by atoms with E-state index < -0.39 is 10.0 Å². The minimum Gasteiger partial charge on any atom is -0.396 e. The molecule has 7 heteroatoms. The number of nitrogens with one attached hydrogen (secondary N) is 1. The molecular weight excluding hydrogens is 278 g/mol. The summed E-state index contributed by atoms with van der Waals surface area (Å²) in [6.07, 6.45) is 3.81. The Morgan fingerprint density at radius 3 is 3.10 bits per heavy atom. The average molecular weight is 295 g/mol. The third kappa shape index (κ3) is 2.21. The lowest BCUT2D eigenvalue weighted by atomic mass is 10.2. The summed E-state index contributed by atoms with van der Waals surface area (Å²) in [6, 6.07) is 4.89. The highest BCUT2D eigenvalue weighted by Crippen LogP contribution is 2.28. The van der Waals surface area contributed by atoms with Gasteiger partial charge in [0.05, 0.1) is 16.6 Å². The second-order valence-electron chi connectivity index (χ2n) is 5.04. The maximum atomic E-state index is 12.7. The molecule has 0 amide bonds. The lowest BCUT2D eigenvalue weighted by molar-refractivity contribution is 0.246. The highest BCUT2D eigenvalue weighted by molar-refractivity contribution is 7.89. The molecular formula is C13H17N3O3S. The van der Waals surface area contributed by atoms with Crippen LogP contribution >= 0.6 is 0 Å². The van der Waals surface area contributed by atoms with Gasteiger partial charge in [-0.2, -0.15) is 9.40 Å². The molecule has 1 atom stereocenters. The molecule has 0 bridgehead atoms. The van der Waals surface area contributed by atoms with Crippen LogP contribution in [-0.2, 0) is 10.0 Å². The van der Waals surface area contributed by atoms with Gasteiger partial charge < -0.3 is 5.11 Å². The third-order valence-corrected chi connectivity index (χ3v) is 5.75. The van der Waals surface area contributed by atoms with Gasteiger partial charge in [0.25, 0.3) is 0 Å². The Balaban J connectivity index is 1.97. The molecule has 1 aromatic carbocycles. The van der Waals surface area contributed by atoms with Crippen LogP contribution in [0.2, 0.25) is 0 Å². The van der Waals surface area contributed by atoms with Gasteiger partial charge in [-0.3, -0.25) is 5.10 Å². The van der Waals surface area contributed by atoms with Crippen LogP contribution in [0, 0.1) is 0 Å². The Hall–Kier alpha value is -1.44. The van der Waals surface area contributed by atoms with E-state index in [9.17, 15) is 8.42 Å². The van der Waals surface area contributed by atoms with Crippen LogP contribution in [0.5, 0.6) is 0 Å². The molecule has 2 N–H and O–H groups in total. The van der Waals surface area contributed by atoms with Gasteiger partial charge >= 0.3 is 0 Å². The Morgan fingerprint density at radius 2 is 2.30 bits per heavy atom. The standard InChI is InChI=1S/C13H17N3O3S/c17-7-5-11-2-1-6-16(11)20(18,19)12-4-3-10-9-14-15-13(10)8-12/h3-4,8-9,11,17H,1-2,5-7H2,(H,14,15)/t11-/m1/s1. The molecule has 1 saturated heterocycles. The predicted molar refractivity (Wildman–Crippen MR) is 74.7 cm³/mol. The number of rotatable bonds is 4. The number of aliphatic hydroxyl groups is 1. The van der Waals surface area contributed by atoms with Gasteiger partial charge in [0.2, 0.25) is 10.0 Å². The molecule has 2 aromatic rings. The highest BCUT2D eigenvalue weighted by Gasteiger charge is 2.34. The molecule has 0 radical (unpaired) electrons. The predicted octanol–water partition coefficient (Wildman–Crippen LogP) is 1.10. The molecule has 6 nitrogen and oxygen atoms in total. The molecule has 20 heavy (non-hydrogen) atoms. The SMILES string of the molecule is O=S(=O)(c1ccc2cn[nH]c2c1)N1CCC[C@@H]1CCO. The minimum atomic E-state index is -3.50. The second-order valence-corrected chi connectivity index (χ2v) is 6.93. The van der Waals surface area contributed by atoms with E-state index in [2.05, 4.69) is 10.2 Å². The number of nitrogens with zero attached hydrogens (tertiary/aromatic N) is 2. The normalized spacial score (nSPS) is 20.8. The first-order valence-corrected chi connectivity index (χ1v) is 8.13. The highest BCUT2D eigenvalue weighted by atomic mass is 32.2. The van der Waals surface area contributed by atoms with E-state index >= 15 is 0 Å². The van der Waals surface area contributed by atoms with Crippen LogP contribution in [0.4, 0.5) is 0 Å². The Bertz CT molecular complexity index is 710. The van der Waals surface area contributed by atoms with Crippen LogP contribution in [0.15, 0.2) is 29.3 Å². The van der Waals surface area contributed by atoms with Crippen molar-refractivity contribution in [2.45, 2.75) is 30.2 Å². The molecule has 0 saturated carbocycles. The summed E-state index contributed by atoms with van der Waals surface area (Å²) in [6.45, 7) is 0.532. The minimum absolute atomic E-state index is 0.0102. The number of H-pyrrole nitrogens is 1. The average Bonchev–Trinajstić information content (AvgIpc) is 3.06. The summed E-state index contributed by atoms with van der Waals surface area (Å²) >= 11 is 0. The first-order chi connectivity index (χ1) is 9.63. The topological polar surface area (TPSA) is 86.3 Å². The van der Waals surface area contributed by atoms with Crippen LogP contribution < -0.4 is 0 Å². The number of benzene rings is 1. The molecule has 0 unspecified atom stereocenters. The zero-order chi connectivity index (χ0) is 14.2. The number of hydrogen-bond acceptors (Lipinski definition) is 4. The third-order valence-electron chi connectivity index (χ3n) is 3.81. The lowest BCUT2D eigenvalue weighted by Crippen LogP contribution is -2.36. The zero-order valence-electron chi connectivity index (χ0n) is 11.0. The largest absolute Gasteiger partial charge is 0.396 e. The molecule has 1 fully saturated rings. The van der Waals surface area contributed by atoms with Crippen molar-refractivity contribution in [1.82, 2.24) is 14.5 Å². The van der Waals surface area contributed by atoms with E-state index in [0.717, 1.165) is 18.2 Å². The van der Waals surface area contributed by atoms with Gasteiger partial charge in [0.15, 0.2) is 0 Å². The molecule has 3 rings (SSSR count). The number of fused-ring (bicyclic) bond motifs is 1.